The standard InChI is InChI=1S/C26H28N4O5/c1-26(2,24(32)33)15-27-23(31)22(16-12-28-30(3)13-16)29-25(34)35-14-21-19-10-6-4-8-17(19)18-9-5-7-11-20(18)21/h4-13,21-22H,14-15H2,1-3H3,(H,27,31)(H,29,34)(H,32,33). The summed E-state index contributed by atoms with van der Waals surface area (Å²) in [6.45, 7) is 3.01. The average molecular weight is 477 g/mol. The maximum atomic E-state index is 12.9. The van der Waals surface area contributed by atoms with Crippen molar-refractivity contribution in [3.63, 3.8) is 0 Å². The number of carboxylic acid groups (broad SMARTS) is 1. The first-order valence-electron chi connectivity index (χ1n) is 11.3. The molecular weight excluding hydrogens is 448 g/mol. The lowest BCUT2D eigenvalue weighted by Gasteiger charge is -2.23. The van der Waals surface area contributed by atoms with E-state index >= 15 is 0 Å². The number of carbonyl (C=O) groups excluding carboxylic acids is 2. The van der Waals surface area contributed by atoms with E-state index in [1.165, 1.54) is 24.7 Å². The third-order valence-electron chi connectivity index (χ3n) is 6.21. The van der Waals surface area contributed by atoms with Gasteiger partial charge in [0.1, 0.15) is 12.6 Å². The van der Waals surface area contributed by atoms with Gasteiger partial charge in [-0.3, -0.25) is 14.3 Å². The molecule has 0 fully saturated rings. The fourth-order valence-corrected chi connectivity index (χ4v) is 4.13. The Kier molecular flexibility index (Phi) is 6.59. The molecule has 1 atom stereocenters. The van der Waals surface area contributed by atoms with E-state index in [9.17, 15) is 19.5 Å². The Bertz CT molecular complexity index is 1220. The lowest BCUT2D eigenvalue weighted by Crippen LogP contribution is -2.45. The lowest BCUT2D eigenvalue weighted by molar-refractivity contribution is -0.146. The number of aryl methyl sites for hydroxylation is 1. The van der Waals surface area contributed by atoms with Gasteiger partial charge < -0.3 is 20.5 Å². The summed E-state index contributed by atoms with van der Waals surface area (Å²) in [5.74, 6) is -1.71. The van der Waals surface area contributed by atoms with Gasteiger partial charge in [-0.25, -0.2) is 4.79 Å². The van der Waals surface area contributed by atoms with Gasteiger partial charge in [0.15, 0.2) is 0 Å². The molecular formula is C26H28N4O5. The number of hydrogen-bond donors (Lipinski definition) is 3. The smallest absolute Gasteiger partial charge is 0.408 e. The molecule has 1 aliphatic rings. The first-order chi connectivity index (χ1) is 16.7. The van der Waals surface area contributed by atoms with Crippen molar-refractivity contribution in [1.82, 2.24) is 20.4 Å². The zero-order chi connectivity index (χ0) is 25.2. The Labute approximate surface area is 203 Å². The summed E-state index contributed by atoms with van der Waals surface area (Å²) >= 11 is 0. The van der Waals surface area contributed by atoms with Crippen molar-refractivity contribution in [3.05, 3.63) is 77.6 Å². The molecule has 0 saturated heterocycles. The number of ether oxygens (including phenoxy) is 1. The van der Waals surface area contributed by atoms with Crippen LogP contribution < -0.4 is 10.6 Å². The Morgan fingerprint density at radius 3 is 2.23 bits per heavy atom. The van der Waals surface area contributed by atoms with Crippen molar-refractivity contribution in [2.45, 2.75) is 25.8 Å². The molecule has 4 rings (SSSR count). The van der Waals surface area contributed by atoms with Crippen molar-refractivity contribution >= 4 is 18.0 Å². The van der Waals surface area contributed by atoms with Gasteiger partial charge in [-0.2, -0.15) is 5.10 Å². The van der Waals surface area contributed by atoms with Gasteiger partial charge in [-0.05, 0) is 36.1 Å². The Hall–Kier alpha value is -4.14. The third-order valence-corrected chi connectivity index (χ3v) is 6.21. The zero-order valence-corrected chi connectivity index (χ0v) is 19.8. The highest BCUT2D eigenvalue weighted by atomic mass is 16.5. The Morgan fingerprint density at radius 2 is 1.69 bits per heavy atom. The molecule has 0 radical (unpaired) electrons. The summed E-state index contributed by atoms with van der Waals surface area (Å²) in [7, 11) is 1.69. The molecule has 35 heavy (non-hydrogen) atoms. The number of alkyl carbamates (subject to hydrolysis) is 1. The molecule has 2 amide bonds. The summed E-state index contributed by atoms with van der Waals surface area (Å²) in [5, 5.41) is 18.6. The molecule has 0 aliphatic heterocycles. The molecule has 2 aromatic carbocycles. The van der Waals surface area contributed by atoms with Crippen LogP contribution in [0.25, 0.3) is 11.1 Å². The van der Waals surface area contributed by atoms with Crippen LogP contribution in [0.5, 0.6) is 0 Å². The maximum absolute atomic E-state index is 12.9. The summed E-state index contributed by atoms with van der Waals surface area (Å²) in [6, 6.07) is 14.9. The van der Waals surface area contributed by atoms with Gasteiger partial charge in [0.2, 0.25) is 5.91 Å². The first kappa shape index (κ1) is 24.0. The van der Waals surface area contributed by atoms with Crippen LogP contribution in [0.3, 0.4) is 0 Å². The summed E-state index contributed by atoms with van der Waals surface area (Å²) in [6.07, 6.45) is 2.32. The molecule has 1 aromatic heterocycles. The number of aliphatic carboxylic acids is 1. The second kappa shape index (κ2) is 9.61. The van der Waals surface area contributed by atoms with Gasteiger partial charge in [0, 0.05) is 31.3 Å². The van der Waals surface area contributed by atoms with Gasteiger partial charge in [-0.15, -0.1) is 0 Å². The number of rotatable bonds is 8. The van der Waals surface area contributed by atoms with E-state index in [0.717, 1.165) is 22.3 Å². The summed E-state index contributed by atoms with van der Waals surface area (Å²) in [4.78, 5) is 37.1. The van der Waals surface area contributed by atoms with E-state index in [1.54, 1.807) is 13.2 Å². The quantitative estimate of drug-likeness (QED) is 0.459. The van der Waals surface area contributed by atoms with Crippen molar-refractivity contribution in [2.75, 3.05) is 13.2 Å². The minimum absolute atomic E-state index is 0.104. The lowest BCUT2D eigenvalue weighted by atomic mass is 9.93. The van der Waals surface area contributed by atoms with Gasteiger partial charge in [0.25, 0.3) is 0 Å². The van der Waals surface area contributed by atoms with E-state index in [-0.39, 0.29) is 19.1 Å². The largest absolute Gasteiger partial charge is 0.481 e. The van der Waals surface area contributed by atoms with Crippen LogP contribution >= 0.6 is 0 Å². The highest BCUT2D eigenvalue weighted by molar-refractivity contribution is 5.87. The van der Waals surface area contributed by atoms with Crippen LogP contribution in [-0.4, -0.2) is 46.0 Å². The second-order valence-corrected chi connectivity index (χ2v) is 9.26. The maximum Gasteiger partial charge on any atom is 0.408 e. The van der Waals surface area contributed by atoms with Gasteiger partial charge in [-0.1, -0.05) is 48.5 Å². The second-order valence-electron chi connectivity index (χ2n) is 9.26. The van der Waals surface area contributed by atoms with Crippen molar-refractivity contribution < 1.29 is 24.2 Å². The van der Waals surface area contributed by atoms with Crippen molar-refractivity contribution in [1.29, 1.82) is 0 Å². The number of benzene rings is 2. The fraction of sp³-hybridized carbons (Fsp3) is 0.308. The van der Waals surface area contributed by atoms with E-state index in [0.29, 0.717) is 5.56 Å². The van der Waals surface area contributed by atoms with E-state index < -0.39 is 29.4 Å². The molecule has 0 saturated carbocycles. The summed E-state index contributed by atoms with van der Waals surface area (Å²) in [5.41, 5.74) is 3.68. The normalized spacial score (nSPS) is 13.5. The highest BCUT2D eigenvalue weighted by Crippen LogP contribution is 2.44. The molecule has 1 heterocycles. The number of nitrogens with one attached hydrogen (secondary N) is 2. The van der Waals surface area contributed by atoms with E-state index in [2.05, 4.69) is 27.9 Å². The predicted octanol–water partition coefficient (Wildman–Crippen LogP) is 3.23. The number of fused-ring (bicyclic) bond motifs is 3. The number of hydrogen-bond acceptors (Lipinski definition) is 5. The third kappa shape index (κ3) is 5.03. The molecule has 9 heteroatoms. The van der Waals surface area contributed by atoms with E-state index in [1.807, 2.05) is 36.4 Å². The molecule has 3 N–H and O–H groups in total. The van der Waals surface area contributed by atoms with Crippen molar-refractivity contribution in [3.8, 4) is 11.1 Å². The minimum atomic E-state index is -1.17. The fourth-order valence-electron chi connectivity index (χ4n) is 4.13. The molecule has 182 valence electrons. The predicted molar refractivity (Wildman–Crippen MR) is 129 cm³/mol. The van der Waals surface area contributed by atoms with Crippen LogP contribution in [0.2, 0.25) is 0 Å². The molecule has 9 nitrogen and oxygen atoms in total. The Balaban J connectivity index is 1.46. The van der Waals surface area contributed by atoms with Crippen LogP contribution in [0.4, 0.5) is 4.79 Å². The Morgan fingerprint density at radius 1 is 1.09 bits per heavy atom. The van der Waals surface area contributed by atoms with Crippen LogP contribution in [0, 0.1) is 5.41 Å². The number of amides is 2. The minimum Gasteiger partial charge on any atom is -0.481 e. The SMILES string of the molecule is Cn1cc(C(NC(=O)OCC2c3ccccc3-c3ccccc32)C(=O)NCC(C)(C)C(=O)O)cn1. The van der Waals surface area contributed by atoms with Gasteiger partial charge in [0.05, 0.1) is 11.6 Å². The molecule has 0 spiro atoms. The number of nitrogens with zero attached hydrogens (tertiary/aromatic N) is 2. The van der Waals surface area contributed by atoms with Crippen LogP contribution in [0.15, 0.2) is 60.9 Å². The monoisotopic (exact) mass is 476 g/mol. The number of carboxylic acids is 1. The van der Waals surface area contributed by atoms with Crippen LogP contribution in [-0.2, 0) is 21.4 Å². The molecule has 0 bridgehead atoms. The average Bonchev–Trinajstić information content (AvgIpc) is 3.41. The molecule has 1 aliphatic carbocycles. The van der Waals surface area contributed by atoms with Crippen LogP contribution in [0.1, 0.15) is 42.5 Å². The zero-order valence-electron chi connectivity index (χ0n) is 19.8. The topological polar surface area (TPSA) is 123 Å². The van der Waals surface area contributed by atoms with Gasteiger partial charge >= 0.3 is 12.1 Å². The first-order valence-corrected chi connectivity index (χ1v) is 11.3. The van der Waals surface area contributed by atoms with Crippen molar-refractivity contribution in [2.24, 2.45) is 12.5 Å². The molecule has 1 unspecified atom stereocenters. The highest BCUT2D eigenvalue weighted by Gasteiger charge is 2.32. The molecule has 3 aromatic rings. The summed E-state index contributed by atoms with van der Waals surface area (Å²) < 4.78 is 7.09. The number of carbonyl (C=O) groups is 3. The number of aromatic nitrogens is 2. The van der Waals surface area contributed by atoms with E-state index in [4.69, 9.17) is 4.74 Å².